The molecule has 0 aromatic carbocycles. The minimum atomic E-state index is 0.523. The lowest BCUT2D eigenvalue weighted by Crippen LogP contribution is -2.46. The summed E-state index contributed by atoms with van der Waals surface area (Å²) in [7, 11) is 0. The fourth-order valence-corrected chi connectivity index (χ4v) is 4.10. The molecule has 1 nitrogen and oxygen atoms in total. The third-order valence-electron chi connectivity index (χ3n) is 5.60. The van der Waals surface area contributed by atoms with Gasteiger partial charge in [0.25, 0.3) is 0 Å². The second-order valence-electron chi connectivity index (χ2n) is 7.75. The second kappa shape index (κ2) is 5.94. The SMILES string of the molecule is CCNC(C1CCC1)C1CCC(C(C)(C)C)CC1. The molecule has 0 aromatic heterocycles. The van der Waals surface area contributed by atoms with E-state index in [1.807, 2.05) is 0 Å². The summed E-state index contributed by atoms with van der Waals surface area (Å²) >= 11 is 0. The van der Waals surface area contributed by atoms with Gasteiger partial charge in [-0.15, -0.1) is 0 Å². The van der Waals surface area contributed by atoms with Crippen LogP contribution in [0.2, 0.25) is 0 Å². The van der Waals surface area contributed by atoms with E-state index in [9.17, 15) is 0 Å². The molecule has 0 saturated heterocycles. The van der Waals surface area contributed by atoms with E-state index in [0.29, 0.717) is 5.41 Å². The minimum Gasteiger partial charge on any atom is -0.314 e. The highest BCUT2D eigenvalue weighted by atomic mass is 14.9. The molecular formula is C17H33N. The van der Waals surface area contributed by atoms with Crippen LogP contribution in [0, 0.1) is 23.2 Å². The average Bonchev–Trinajstić information content (AvgIpc) is 2.25. The Morgan fingerprint density at radius 3 is 1.89 bits per heavy atom. The highest BCUT2D eigenvalue weighted by Gasteiger charge is 2.37. The van der Waals surface area contributed by atoms with Gasteiger partial charge in [0.2, 0.25) is 0 Å². The summed E-state index contributed by atoms with van der Waals surface area (Å²) in [6, 6.07) is 0.838. The Bertz CT molecular complexity index is 241. The normalized spacial score (nSPS) is 32.0. The lowest BCUT2D eigenvalue weighted by Gasteiger charge is -2.44. The number of rotatable bonds is 4. The molecule has 1 heteroatoms. The highest BCUT2D eigenvalue weighted by Crippen LogP contribution is 2.43. The predicted molar refractivity (Wildman–Crippen MR) is 79.7 cm³/mol. The Balaban J connectivity index is 1.86. The average molecular weight is 251 g/mol. The van der Waals surface area contributed by atoms with E-state index in [1.165, 1.54) is 44.9 Å². The van der Waals surface area contributed by atoms with Gasteiger partial charge in [-0.05, 0) is 68.2 Å². The van der Waals surface area contributed by atoms with Crippen molar-refractivity contribution in [3.63, 3.8) is 0 Å². The van der Waals surface area contributed by atoms with Crippen LogP contribution < -0.4 is 5.32 Å². The van der Waals surface area contributed by atoms with Gasteiger partial charge >= 0.3 is 0 Å². The molecule has 1 atom stereocenters. The van der Waals surface area contributed by atoms with E-state index in [4.69, 9.17) is 0 Å². The van der Waals surface area contributed by atoms with Crippen LogP contribution in [0.1, 0.15) is 72.6 Å². The third-order valence-corrected chi connectivity index (χ3v) is 5.60. The second-order valence-corrected chi connectivity index (χ2v) is 7.75. The molecular weight excluding hydrogens is 218 g/mol. The summed E-state index contributed by atoms with van der Waals surface area (Å²) < 4.78 is 0. The summed E-state index contributed by atoms with van der Waals surface area (Å²) in [4.78, 5) is 0. The van der Waals surface area contributed by atoms with Crippen LogP contribution in [0.25, 0.3) is 0 Å². The third kappa shape index (κ3) is 3.29. The van der Waals surface area contributed by atoms with Crippen molar-refractivity contribution < 1.29 is 0 Å². The quantitative estimate of drug-likeness (QED) is 0.769. The first kappa shape index (κ1) is 14.4. The largest absolute Gasteiger partial charge is 0.314 e. The number of nitrogens with one attached hydrogen (secondary N) is 1. The first-order chi connectivity index (χ1) is 8.52. The van der Waals surface area contributed by atoms with Crippen LogP contribution in [0.3, 0.4) is 0 Å². The topological polar surface area (TPSA) is 12.0 Å². The molecule has 1 unspecified atom stereocenters. The summed E-state index contributed by atoms with van der Waals surface area (Å²) in [6.07, 6.45) is 10.3. The first-order valence-corrected chi connectivity index (χ1v) is 8.25. The first-order valence-electron chi connectivity index (χ1n) is 8.25. The molecule has 0 aromatic rings. The molecule has 2 rings (SSSR count). The molecule has 0 amide bonds. The predicted octanol–water partition coefficient (Wildman–Crippen LogP) is 4.62. The van der Waals surface area contributed by atoms with Crippen molar-refractivity contribution in [3.8, 4) is 0 Å². The van der Waals surface area contributed by atoms with Crippen molar-refractivity contribution in [1.82, 2.24) is 5.32 Å². The molecule has 0 bridgehead atoms. The van der Waals surface area contributed by atoms with Crippen molar-refractivity contribution >= 4 is 0 Å². The van der Waals surface area contributed by atoms with Crippen LogP contribution in [0.15, 0.2) is 0 Å². The number of hydrogen-bond acceptors (Lipinski definition) is 1. The highest BCUT2D eigenvalue weighted by molar-refractivity contribution is 4.91. The standard InChI is InChI=1S/C17H33N/c1-5-18-16(13-7-6-8-13)14-9-11-15(12-10-14)17(2,3)4/h13-16,18H,5-12H2,1-4H3. The summed E-state index contributed by atoms with van der Waals surface area (Å²) in [6.45, 7) is 10.7. The molecule has 18 heavy (non-hydrogen) atoms. The van der Waals surface area contributed by atoms with E-state index in [1.54, 1.807) is 0 Å². The summed E-state index contributed by atoms with van der Waals surface area (Å²) in [5, 5.41) is 3.81. The Kier molecular flexibility index (Phi) is 4.75. The molecule has 0 aliphatic heterocycles. The van der Waals surface area contributed by atoms with Gasteiger partial charge in [-0.1, -0.05) is 34.1 Å². The van der Waals surface area contributed by atoms with Gasteiger partial charge in [0, 0.05) is 6.04 Å². The van der Waals surface area contributed by atoms with E-state index in [0.717, 1.165) is 30.3 Å². The minimum absolute atomic E-state index is 0.523. The van der Waals surface area contributed by atoms with Crippen LogP contribution in [0.4, 0.5) is 0 Å². The van der Waals surface area contributed by atoms with Gasteiger partial charge in [0.15, 0.2) is 0 Å². The van der Waals surface area contributed by atoms with E-state index >= 15 is 0 Å². The number of hydrogen-bond donors (Lipinski definition) is 1. The molecule has 2 fully saturated rings. The maximum atomic E-state index is 3.81. The molecule has 2 aliphatic rings. The Hall–Kier alpha value is -0.0400. The van der Waals surface area contributed by atoms with Crippen molar-refractivity contribution in [1.29, 1.82) is 0 Å². The maximum Gasteiger partial charge on any atom is 0.0123 e. The maximum absolute atomic E-state index is 3.81. The zero-order valence-corrected chi connectivity index (χ0v) is 13.0. The van der Waals surface area contributed by atoms with Gasteiger partial charge in [-0.2, -0.15) is 0 Å². The summed E-state index contributed by atoms with van der Waals surface area (Å²) in [5.74, 6) is 2.92. The Morgan fingerprint density at radius 2 is 1.50 bits per heavy atom. The molecule has 0 heterocycles. The molecule has 0 spiro atoms. The fourth-order valence-electron chi connectivity index (χ4n) is 4.10. The monoisotopic (exact) mass is 251 g/mol. The summed E-state index contributed by atoms with van der Waals surface area (Å²) in [5.41, 5.74) is 0.523. The van der Waals surface area contributed by atoms with Gasteiger partial charge in [-0.3, -0.25) is 0 Å². The van der Waals surface area contributed by atoms with Crippen LogP contribution in [0.5, 0.6) is 0 Å². The van der Waals surface area contributed by atoms with Crippen molar-refractivity contribution in [2.24, 2.45) is 23.2 Å². The lowest BCUT2D eigenvalue weighted by molar-refractivity contribution is 0.0965. The molecule has 1 N–H and O–H groups in total. The Morgan fingerprint density at radius 1 is 0.944 bits per heavy atom. The lowest BCUT2D eigenvalue weighted by atomic mass is 9.65. The smallest absolute Gasteiger partial charge is 0.0123 e. The van der Waals surface area contributed by atoms with E-state index in [2.05, 4.69) is 33.0 Å². The molecule has 2 saturated carbocycles. The zero-order valence-electron chi connectivity index (χ0n) is 13.0. The van der Waals surface area contributed by atoms with Crippen LogP contribution >= 0.6 is 0 Å². The van der Waals surface area contributed by atoms with E-state index < -0.39 is 0 Å². The van der Waals surface area contributed by atoms with Crippen LogP contribution in [-0.4, -0.2) is 12.6 Å². The molecule has 106 valence electrons. The van der Waals surface area contributed by atoms with Gasteiger partial charge < -0.3 is 5.32 Å². The van der Waals surface area contributed by atoms with Crippen molar-refractivity contribution in [2.75, 3.05) is 6.54 Å². The molecule has 0 radical (unpaired) electrons. The zero-order chi connectivity index (χ0) is 13.2. The Labute approximate surface area is 114 Å². The van der Waals surface area contributed by atoms with Crippen molar-refractivity contribution in [2.45, 2.75) is 78.7 Å². The van der Waals surface area contributed by atoms with Crippen LogP contribution in [-0.2, 0) is 0 Å². The fraction of sp³-hybridized carbons (Fsp3) is 1.00. The van der Waals surface area contributed by atoms with Gasteiger partial charge in [-0.25, -0.2) is 0 Å². The molecule has 2 aliphatic carbocycles. The van der Waals surface area contributed by atoms with Gasteiger partial charge in [0.1, 0.15) is 0 Å². The van der Waals surface area contributed by atoms with E-state index in [-0.39, 0.29) is 0 Å². The van der Waals surface area contributed by atoms with Gasteiger partial charge in [0.05, 0.1) is 0 Å². The van der Waals surface area contributed by atoms with Crippen molar-refractivity contribution in [3.05, 3.63) is 0 Å².